The van der Waals surface area contributed by atoms with Gasteiger partial charge in [-0.3, -0.25) is 4.79 Å². The largest absolute Gasteiger partial charge is 0.325 e. The highest BCUT2D eigenvalue weighted by Gasteiger charge is 2.00. The lowest BCUT2D eigenvalue weighted by Gasteiger charge is -2.04. The van der Waals surface area contributed by atoms with E-state index in [1.807, 2.05) is 30.3 Å². The van der Waals surface area contributed by atoms with Crippen molar-refractivity contribution in [2.45, 2.75) is 24.7 Å². The van der Waals surface area contributed by atoms with Gasteiger partial charge in [0.1, 0.15) is 6.42 Å². The first-order valence-corrected chi connectivity index (χ1v) is 6.14. The average Bonchev–Trinajstić information content (AvgIpc) is 2.28. The van der Waals surface area contributed by atoms with Gasteiger partial charge in [-0.15, -0.1) is 11.8 Å². The van der Waals surface area contributed by atoms with Crippen molar-refractivity contribution < 1.29 is 4.79 Å². The van der Waals surface area contributed by atoms with Gasteiger partial charge < -0.3 is 5.32 Å². The van der Waals surface area contributed by atoms with Crippen molar-refractivity contribution >= 4 is 23.4 Å². The van der Waals surface area contributed by atoms with Crippen molar-refractivity contribution in [3.8, 4) is 6.07 Å². The second-order valence-corrected chi connectivity index (χ2v) is 4.42. The van der Waals surface area contributed by atoms with Crippen molar-refractivity contribution in [2.75, 3.05) is 11.1 Å². The molecule has 1 aromatic carbocycles. The molecule has 1 amide bonds. The maximum absolute atomic E-state index is 11.1. The fourth-order valence-corrected chi connectivity index (χ4v) is 1.90. The van der Waals surface area contributed by atoms with Crippen molar-refractivity contribution in [2.24, 2.45) is 0 Å². The van der Waals surface area contributed by atoms with Crippen molar-refractivity contribution in [3.05, 3.63) is 24.3 Å². The van der Waals surface area contributed by atoms with E-state index in [1.165, 1.54) is 4.90 Å². The number of carbonyl (C=O) groups is 1. The van der Waals surface area contributed by atoms with Gasteiger partial charge in [0.05, 0.1) is 6.07 Å². The monoisotopic (exact) mass is 234 g/mol. The summed E-state index contributed by atoms with van der Waals surface area (Å²) in [6.07, 6.45) is 1.04. The summed E-state index contributed by atoms with van der Waals surface area (Å²) in [7, 11) is 0. The number of benzene rings is 1. The molecule has 84 valence electrons. The van der Waals surface area contributed by atoms with Crippen LogP contribution in [0.1, 0.15) is 19.8 Å². The van der Waals surface area contributed by atoms with E-state index in [-0.39, 0.29) is 12.3 Å². The van der Waals surface area contributed by atoms with Gasteiger partial charge in [0.15, 0.2) is 0 Å². The van der Waals surface area contributed by atoms with Gasteiger partial charge in [0.2, 0.25) is 5.91 Å². The van der Waals surface area contributed by atoms with E-state index < -0.39 is 0 Å². The lowest BCUT2D eigenvalue weighted by atomic mass is 10.3. The molecular formula is C12H14N2OS. The van der Waals surface area contributed by atoms with E-state index in [9.17, 15) is 4.79 Å². The summed E-state index contributed by atoms with van der Waals surface area (Å²) in [5.41, 5.74) is 0.737. The second-order valence-electron chi connectivity index (χ2n) is 3.26. The summed E-state index contributed by atoms with van der Waals surface area (Å²) < 4.78 is 0. The maximum atomic E-state index is 11.1. The molecule has 0 unspecified atom stereocenters. The Hall–Kier alpha value is -1.47. The summed E-state index contributed by atoms with van der Waals surface area (Å²) in [6.45, 7) is 2.14. The number of amides is 1. The number of anilines is 1. The smallest absolute Gasteiger partial charge is 0.238 e. The minimum atomic E-state index is -0.267. The Labute approximate surface area is 99.8 Å². The minimum absolute atomic E-state index is 0.105. The molecule has 0 saturated carbocycles. The van der Waals surface area contributed by atoms with Gasteiger partial charge in [-0.2, -0.15) is 5.26 Å². The van der Waals surface area contributed by atoms with Crippen LogP contribution >= 0.6 is 11.8 Å². The maximum Gasteiger partial charge on any atom is 0.238 e. The zero-order chi connectivity index (χ0) is 11.8. The molecule has 0 heterocycles. The highest BCUT2D eigenvalue weighted by molar-refractivity contribution is 7.99. The molecule has 0 fully saturated rings. The fraction of sp³-hybridized carbons (Fsp3) is 0.333. The zero-order valence-electron chi connectivity index (χ0n) is 9.19. The Kier molecular flexibility index (Phi) is 5.44. The molecule has 0 saturated heterocycles. The molecule has 4 heteroatoms. The molecule has 0 bridgehead atoms. The van der Waals surface area contributed by atoms with Gasteiger partial charge in [0, 0.05) is 10.6 Å². The number of thioether (sulfide) groups is 1. The van der Waals surface area contributed by atoms with Crippen LogP contribution in [0.15, 0.2) is 29.2 Å². The molecule has 16 heavy (non-hydrogen) atoms. The molecule has 0 radical (unpaired) electrons. The highest BCUT2D eigenvalue weighted by atomic mass is 32.2. The number of rotatable bonds is 5. The third-order valence-electron chi connectivity index (χ3n) is 1.85. The number of nitriles is 1. The van der Waals surface area contributed by atoms with Crippen molar-refractivity contribution in [3.63, 3.8) is 0 Å². The van der Waals surface area contributed by atoms with E-state index >= 15 is 0 Å². The van der Waals surface area contributed by atoms with Crippen LogP contribution in [0.3, 0.4) is 0 Å². The molecule has 0 aliphatic carbocycles. The van der Waals surface area contributed by atoms with E-state index in [0.29, 0.717) is 0 Å². The molecule has 0 atom stereocenters. The normalized spacial score (nSPS) is 9.50. The first-order chi connectivity index (χ1) is 7.76. The van der Waals surface area contributed by atoms with Crippen LogP contribution in [0, 0.1) is 11.3 Å². The predicted molar refractivity (Wildman–Crippen MR) is 66.3 cm³/mol. The molecule has 0 spiro atoms. The first-order valence-electron chi connectivity index (χ1n) is 5.16. The van der Waals surface area contributed by atoms with Crippen LogP contribution in [0.4, 0.5) is 5.69 Å². The van der Waals surface area contributed by atoms with E-state index in [0.717, 1.165) is 17.9 Å². The SMILES string of the molecule is CCCSc1ccc(NC(=O)CC#N)cc1. The topological polar surface area (TPSA) is 52.9 Å². The molecule has 0 aromatic heterocycles. The lowest BCUT2D eigenvalue weighted by molar-refractivity contribution is -0.115. The van der Waals surface area contributed by atoms with Gasteiger partial charge in [-0.05, 0) is 36.4 Å². The first kappa shape index (κ1) is 12.6. The third-order valence-corrected chi connectivity index (χ3v) is 3.07. The summed E-state index contributed by atoms with van der Waals surface area (Å²) >= 11 is 1.79. The summed E-state index contributed by atoms with van der Waals surface area (Å²) in [4.78, 5) is 12.3. The third kappa shape index (κ3) is 4.37. The van der Waals surface area contributed by atoms with E-state index in [1.54, 1.807) is 11.8 Å². The van der Waals surface area contributed by atoms with Crippen LogP contribution < -0.4 is 5.32 Å². The lowest BCUT2D eigenvalue weighted by Crippen LogP contribution is -2.09. The molecule has 1 rings (SSSR count). The number of nitrogens with zero attached hydrogens (tertiary/aromatic N) is 1. The predicted octanol–water partition coefficient (Wildman–Crippen LogP) is 3.04. The van der Waals surface area contributed by atoms with E-state index in [2.05, 4.69) is 12.2 Å². The summed E-state index contributed by atoms with van der Waals surface area (Å²) in [6, 6.07) is 9.47. The van der Waals surface area contributed by atoms with Gasteiger partial charge >= 0.3 is 0 Å². The van der Waals surface area contributed by atoms with Crippen LogP contribution in [-0.2, 0) is 4.79 Å². The molecule has 1 N–H and O–H groups in total. The Morgan fingerprint density at radius 3 is 2.69 bits per heavy atom. The Bertz CT molecular complexity index is 381. The van der Waals surface area contributed by atoms with Crippen molar-refractivity contribution in [1.82, 2.24) is 0 Å². The van der Waals surface area contributed by atoms with Crippen LogP contribution in [0.5, 0.6) is 0 Å². The second kappa shape index (κ2) is 6.91. The standard InChI is InChI=1S/C12H14N2OS/c1-2-9-16-11-5-3-10(4-6-11)14-12(15)7-8-13/h3-6H,2,7,9H2,1H3,(H,14,15). The van der Waals surface area contributed by atoms with E-state index in [4.69, 9.17) is 5.26 Å². The summed E-state index contributed by atoms with van der Waals surface area (Å²) in [5, 5.41) is 11.0. The van der Waals surface area contributed by atoms with Gasteiger partial charge in [-0.25, -0.2) is 0 Å². The Morgan fingerprint density at radius 1 is 1.44 bits per heavy atom. The quantitative estimate of drug-likeness (QED) is 0.797. The van der Waals surface area contributed by atoms with Crippen LogP contribution in [-0.4, -0.2) is 11.7 Å². The Balaban J connectivity index is 2.51. The fourth-order valence-electron chi connectivity index (χ4n) is 1.13. The van der Waals surface area contributed by atoms with Gasteiger partial charge in [0.25, 0.3) is 0 Å². The average molecular weight is 234 g/mol. The molecule has 0 aliphatic heterocycles. The number of nitrogens with one attached hydrogen (secondary N) is 1. The van der Waals surface area contributed by atoms with Crippen LogP contribution in [0.25, 0.3) is 0 Å². The Morgan fingerprint density at radius 2 is 2.12 bits per heavy atom. The molecular weight excluding hydrogens is 220 g/mol. The van der Waals surface area contributed by atoms with Crippen LogP contribution in [0.2, 0.25) is 0 Å². The molecule has 1 aromatic rings. The highest BCUT2D eigenvalue weighted by Crippen LogP contribution is 2.20. The molecule has 0 aliphatic rings. The van der Waals surface area contributed by atoms with Gasteiger partial charge in [-0.1, -0.05) is 6.92 Å². The summed E-state index contributed by atoms with van der Waals surface area (Å²) in [5.74, 6) is 0.830. The van der Waals surface area contributed by atoms with Crippen molar-refractivity contribution in [1.29, 1.82) is 5.26 Å². The zero-order valence-corrected chi connectivity index (χ0v) is 10.0. The minimum Gasteiger partial charge on any atom is -0.325 e. The number of hydrogen-bond acceptors (Lipinski definition) is 3. The molecule has 3 nitrogen and oxygen atoms in total. The number of carbonyl (C=O) groups excluding carboxylic acids is 1. The number of hydrogen-bond donors (Lipinski definition) is 1.